The van der Waals surface area contributed by atoms with E-state index in [1.807, 2.05) is 0 Å². The number of nitrogens with zero attached hydrogens (tertiary/aromatic N) is 3. The van der Waals surface area contributed by atoms with Crippen LogP contribution in [0.1, 0.15) is 44.0 Å². The number of aromatic nitrogens is 2. The zero-order chi connectivity index (χ0) is 14.7. The Bertz CT molecular complexity index is 499. The molecule has 1 unspecified atom stereocenters. The normalized spacial score (nSPS) is 18.9. The first-order valence-corrected chi connectivity index (χ1v) is 7.63. The molecule has 0 N–H and O–H groups in total. The average molecular weight is 297 g/mol. The van der Waals surface area contributed by atoms with Crippen molar-refractivity contribution in [3.05, 3.63) is 5.01 Å². The van der Waals surface area contributed by atoms with Crippen LogP contribution in [0.3, 0.4) is 0 Å². The fraction of sp³-hybridized carbons (Fsp3) is 0.692. The lowest BCUT2D eigenvalue weighted by molar-refractivity contribution is -0.145. The van der Waals surface area contributed by atoms with Gasteiger partial charge in [0, 0.05) is 18.9 Å². The van der Waals surface area contributed by atoms with Gasteiger partial charge in [0.1, 0.15) is 5.01 Å². The quantitative estimate of drug-likeness (QED) is 0.777. The SMILES string of the molecule is CCC(CC)c1nnc(N2CC(C(=O)OC)CC2=O)s1. The van der Waals surface area contributed by atoms with E-state index in [9.17, 15) is 9.59 Å². The van der Waals surface area contributed by atoms with E-state index < -0.39 is 5.92 Å². The van der Waals surface area contributed by atoms with Crippen molar-refractivity contribution in [1.82, 2.24) is 10.2 Å². The van der Waals surface area contributed by atoms with Crippen LogP contribution in [-0.2, 0) is 14.3 Å². The molecule has 1 amide bonds. The highest BCUT2D eigenvalue weighted by molar-refractivity contribution is 7.15. The van der Waals surface area contributed by atoms with Gasteiger partial charge in [0.05, 0.1) is 13.0 Å². The summed E-state index contributed by atoms with van der Waals surface area (Å²) in [5.41, 5.74) is 0. The number of carbonyl (C=O) groups excluding carboxylic acids is 2. The fourth-order valence-corrected chi connectivity index (χ4v) is 3.49. The summed E-state index contributed by atoms with van der Waals surface area (Å²) in [7, 11) is 1.34. The Labute approximate surface area is 122 Å². The molecule has 6 nitrogen and oxygen atoms in total. The van der Waals surface area contributed by atoms with Crippen molar-refractivity contribution in [2.24, 2.45) is 5.92 Å². The lowest BCUT2D eigenvalue weighted by atomic mass is 10.1. The molecule has 1 saturated heterocycles. The first kappa shape index (κ1) is 14.9. The maximum absolute atomic E-state index is 12.0. The number of amides is 1. The number of hydrogen-bond donors (Lipinski definition) is 0. The lowest BCUT2D eigenvalue weighted by Gasteiger charge is -2.11. The summed E-state index contributed by atoms with van der Waals surface area (Å²) in [5.74, 6) is -0.443. The van der Waals surface area contributed by atoms with Crippen LogP contribution < -0.4 is 4.90 Å². The highest BCUT2D eigenvalue weighted by Gasteiger charge is 2.37. The molecule has 20 heavy (non-hydrogen) atoms. The van der Waals surface area contributed by atoms with Gasteiger partial charge >= 0.3 is 5.97 Å². The molecule has 0 bridgehead atoms. The van der Waals surface area contributed by atoms with Crippen LogP contribution in [0.5, 0.6) is 0 Å². The van der Waals surface area contributed by atoms with Crippen molar-refractivity contribution in [3.63, 3.8) is 0 Å². The third-order valence-corrected chi connectivity index (χ3v) is 4.76. The average Bonchev–Trinajstić information content (AvgIpc) is 3.06. The Morgan fingerprint density at radius 3 is 2.75 bits per heavy atom. The van der Waals surface area contributed by atoms with E-state index in [2.05, 4.69) is 24.0 Å². The summed E-state index contributed by atoms with van der Waals surface area (Å²) in [5, 5.41) is 9.84. The van der Waals surface area contributed by atoms with E-state index in [0.717, 1.165) is 17.8 Å². The summed E-state index contributed by atoms with van der Waals surface area (Å²) in [6.07, 6.45) is 2.19. The van der Waals surface area contributed by atoms with Crippen molar-refractivity contribution in [2.45, 2.75) is 39.0 Å². The van der Waals surface area contributed by atoms with Crippen molar-refractivity contribution in [1.29, 1.82) is 0 Å². The Morgan fingerprint density at radius 1 is 1.45 bits per heavy atom. The first-order valence-electron chi connectivity index (χ1n) is 6.82. The minimum absolute atomic E-state index is 0.0901. The van der Waals surface area contributed by atoms with Crippen molar-refractivity contribution in [2.75, 3.05) is 18.6 Å². The van der Waals surface area contributed by atoms with E-state index in [4.69, 9.17) is 4.74 Å². The summed E-state index contributed by atoms with van der Waals surface area (Å²) in [4.78, 5) is 25.0. The third kappa shape index (κ3) is 2.82. The van der Waals surface area contributed by atoms with Crippen molar-refractivity contribution >= 4 is 28.3 Å². The number of rotatable bonds is 5. The van der Waals surface area contributed by atoms with Gasteiger partial charge in [-0.1, -0.05) is 25.2 Å². The van der Waals surface area contributed by atoms with Gasteiger partial charge in [-0.25, -0.2) is 0 Å². The molecule has 110 valence electrons. The van der Waals surface area contributed by atoms with E-state index in [1.54, 1.807) is 4.90 Å². The maximum atomic E-state index is 12.0. The monoisotopic (exact) mass is 297 g/mol. The standard InChI is InChI=1S/C13H19N3O3S/c1-4-8(5-2)11-14-15-13(20-11)16-7-9(6-10(16)17)12(18)19-3/h8-9H,4-7H2,1-3H3. The fourth-order valence-electron chi connectivity index (χ4n) is 2.36. The molecular formula is C13H19N3O3S. The van der Waals surface area contributed by atoms with Gasteiger partial charge in [-0.3, -0.25) is 14.5 Å². The van der Waals surface area contributed by atoms with Crippen LogP contribution in [0.2, 0.25) is 0 Å². The maximum Gasteiger partial charge on any atom is 0.311 e. The number of methoxy groups -OCH3 is 1. The second kappa shape index (κ2) is 6.30. The van der Waals surface area contributed by atoms with Crippen LogP contribution >= 0.6 is 11.3 Å². The van der Waals surface area contributed by atoms with Crippen LogP contribution in [0.15, 0.2) is 0 Å². The van der Waals surface area contributed by atoms with Gasteiger partial charge in [-0.05, 0) is 12.8 Å². The molecule has 2 heterocycles. The molecule has 1 aliphatic rings. The molecule has 0 spiro atoms. The van der Waals surface area contributed by atoms with Crippen LogP contribution in [0.4, 0.5) is 5.13 Å². The van der Waals surface area contributed by atoms with E-state index >= 15 is 0 Å². The topological polar surface area (TPSA) is 72.4 Å². The Morgan fingerprint density at radius 2 is 2.15 bits per heavy atom. The summed E-state index contributed by atoms with van der Waals surface area (Å²) >= 11 is 1.44. The number of hydrogen-bond acceptors (Lipinski definition) is 6. The number of carbonyl (C=O) groups is 2. The second-order valence-corrected chi connectivity index (χ2v) is 5.85. The van der Waals surface area contributed by atoms with Crippen LogP contribution in [0, 0.1) is 5.92 Å². The molecule has 1 aromatic rings. The molecule has 0 aromatic carbocycles. The van der Waals surface area contributed by atoms with E-state index in [0.29, 0.717) is 17.6 Å². The minimum atomic E-state index is -0.395. The van der Waals surface area contributed by atoms with Crippen LogP contribution in [0.25, 0.3) is 0 Å². The third-order valence-electron chi connectivity index (χ3n) is 3.66. The number of ether oxygens (including phenoxy) is 1. The Hall–Kier alpha value is -1.50. The molecule has 1 atom stereocenters. The van der Waals surface area contributed by atoms with E-state index in [-0.39, 0.29) is 18.3 Å². The number of esters is 1. The highest BCUT2D eigenvalue weighted by Crippen LogP contribution is 2.33. The summed E-state index contributed by atoms with van der Waals surface area (Å²) < 4.78 is 4.69. The molecular weight excluding hydrogens is 278 g/mol. The second-order valence-electron chi connectivity index (χ2n) is 4.86. The zero-order valence-electron chi connectivity index (χ0n) is 12.0. The van der Waals surface area contributed by atoms with Gasteiger partial charge in [-0.2, -0.15) is 0 Å². The smallest absolute Gasteiger partial charge is 0.311 e. The van der Waals surface area contributed by atoms with Gasteiger partial charge in [-0.15, -0.1) is 10.2 Å². The zero-order valence-corrected chi connectivity index (χ0v) is 12.8. The van der Waals surface area contributed by atoms with Gasteiger partial charge in [0.2, 0.25) is 11.0 Å². The van der Waals surface area contributed by atoms with Crippen LogP contribution in [-0.4, -0.2) is 35.7 Å². The molecule has 7 heteroatoms. The lowest BCUT2D eigenvalue weighted by Crippen LogP contribution is -2.26. The Balaban J connectivity index is 2.12. The molecule has 1 fully saturated rings. The highest BCUT2D eigenvalue weighted by atomic mass is 32.1. The number of anilines is 1. The summed E-state index contributed by atoms with van der Waals surface area (Å²) in [6.45, 7) is 4.57. The summed E-state index contributed by atoms with van der Waals surface area (Å²) in [6, 6.07) is 0. The predicted octanol–water partition coefficient (Wildman–Crippen LogP) is 1.97. The van der Waals surface area contributed by atoms with E-state index in [1.165, 1.54) is 18.4 Å². The van der Waals surface area contributed by atoms with Gasteiger partial charge in [0.15, 0.2) is 0 Å². The van der Waals surface area contributed by atoms with Gasteiger partial charge < -0.3 is 4.74 Å². The first-order chi connectivity index (χ1) is 9.60. The molecule has 1 aromatic heterocycles. The van der Waals surface area contributed by atoms with Crippen molar-refractivity contribution in [3.8, 4) is 0 Å². The minimum Gasteiger partial charge on any atom is -0.469 e. The molecule has 0 radical (unpaired) electrons. The van der Waals surface area contributed by atoms with Gasteiger partial charge in [0.25, 0.3) is 0 Å². The predicted molar refractivity (Wildman–Crippen MR) is 75.7 cm³/mol. The molecule has 1 aliphatic heterocycles. The van der Waals surface area contributed by atoms with Crippen molar-refractivity contribution < 1.29 is 14.3 Å². The molecule has 0 saturated carbocycles. The molecule has 0 aliphatic carbocycles. The Kier molecular flexibility index (Phi) is 4.69. The molecule has 2 rings (SSSR count). The largest absolute Gasteiger partial charge is 0.469 e.